The molecule has 94 heavy (non-hydrogen) atoms. The number of carbonyl (C=O) groups excluding carboxylic acids is 6. The van der Waals surface area contributed by atoms with Crippen molar-refractivity contribution in [3.63, 3.8) is 0 Å². The fraction of sp³-hybridized carbons (Fsp3) is 0.179. The number of aliphatic hydroxyl groups is 2. The van der Waals surface area contributed by atoms with Crippen molar-refractivity contribution in [3.05, 3.63) is 334 Å². The number of nitrogens with zero attached hydrogens (tertiary/aromatic N) is 6. The van der Waals surface area contributed by atoms with Crippen LogP contribution in [0.4, 0.5) is 0 Å². The molecule has 5 aromatic carbocycles. The van der Waals surface area contributed by atoms with Crippen molar-refractivity contribution in [1.82, 2.24) is 29.7 Å². The number of fused-ring (bicyclic) bond motifs is 10. The van der Waals surface area contributed by atoms with Gasteiger partial charge in [0.1, 0.15) is 13.2 Å². The molecule has 4 aromatic heterocycles. The number of imide groups is 2. The molecule has 4 amide bonds. The molecule has 0 radical (unpaired) electrons. The van der Waals surface area contributed by atoms with Crippen molar-refractivity contribution in [2.45, 2.75) is 11.2 Å². The third-order valence-corrected chi connectivity index (χ3v) is 19.5. The average Bonchev–Trinajstić information content (AvgIpc) is 1.52. The molecule has 6 heterocycles. The van der Waals surface area contributed by atoms with Crippen LogP contribution in [0.3, 0.4) is 0 Å². The standard InChI is InChI=1S/C78H60N6O10/c85-71-65-53-45-55(77(91,51-25-9-3-10-26-51)59-31-15-19-39-81-59)67(63(53)61(47-21-5-1-6-22-47)57-29-13-17-37-79-57)69(65)73(87)83(71)41-43-93-75(89)49-33-35-50(36-34-49)76(90)94-44-42-84-72(86)66-54-46-56(78(92,52-27-11-4-12-28-52)60-32-16-20-40-82-60)68(70(66)74(84)88)64(54)62(48-23-7-2-8-24-48)58-30-14-18-38-80-58/h1-40,45-46,53-54,65-70,91-92H,41-44H2/t53-,54+,65-,66+,67+,68-,69-,70+,77?,78?. The fourth-order valence-electron chi connectivity index (χ4n) is 15.6. The van der Waals surface area contributed by atoms with E-state index in [1.54, 1.807) is 61.2 Å². The summed E-state index contributed by atoms with van der Waals surface area (Å²) in [7, 11) is 0. The van der Waals surface area contributed by atoms with Gasteiger partial charge in [-0.1, -0.05) is 158 Å². The Morgan fingerprint density at radius 3 is 1.05 bits per heavy atom. The van der Waals surface area contributed by atoms with E-state index in [9.17, 15) is 29.4 Å². The number of carbonyl (C=O) groups is 6. The second-order valence-corrected chi connectivity index (χ2v) is 24.3. The van der Waals surface area contributed by atoms with Gasteiger partial charge in [0, 0.05) is 59.6 Å². The Balaban J connectivity index is 0.635. The third-order valence-electron chi connectivity index (χ3n) is 19.5. The Hall–Kier alpha value is -11.2. The first-order valence-electron chi connectivity index (χ1n) is 31.4. The van der Waals surface area contributed by atoms with Gasteiger partial charge in [0.15, 0.2) is 11.2 Å². The molecule has 4 aliphatic carbocycles. The lowest BCUT2D eigenvalue weighted by Crippen LogP contribution is -2.39. The maximum Gasteiger partial charge on any atom is 0.338 e. The molecule has 4 fully saturated rings. The number of hydrogen-bond acceptors (Lipinski definition) is 14. The topological polar surface area (TPSA) is 219 Å². The molecular formula is C78H60N6O10. The quantitative estimate of drug-likeness (QED) is 0.0464. The van der Waals surface area contributed by atoms with E-state index >= 15 is 9.59 Å². The highest BCUT2D eigenvalue weighted by molar-refractivity contribution is 6.09. The minimum atomic E-state index is -1.80. The number of hydrogen-bond donors (Lipinski definition) is 2. The summed E-state index contributed by atoms with van der Waals surface area (Å²) in [6.45, 7) is -1.12. The van der Waals surface area contributed by atoms with Gasteiger partial charge in [-0.05, 0) is 117 Å². The fourth-order valence-corrected chi connectivity index (χ4v) is 15.6. The molecule has 2 N–H and O–H groups in total. The molecule has 6 aliphatic rings. The van der Waals surface area contributed by atoms with Crippen LogP contribution in [0.1, 0.15) is 65.7 Å². The Bertz CT molecular complexity index is 4120. The highest BCUT2D eigenvalue weighted by Crippen LogP contribution is 2.66. The Morgan fingerprint density at radius 2 is 0.713 bits per heavy atom. The predicted molar refractivity (Wildman–Crippen MR) is 345 cm³/mol. The lowest BCUT2D eigenvalue weighted by Gasteiger charge is -2.36. The Morgan fingerprint density at radius 1 is 0.383 bits per heavy atom. The summed E-state index contributed by atoms with van der Waals surface area (Å²) in [6.07, 6.45) is 10.5. The SMILES string of the molecule is O=C(OCCN1C(=O)[C@@H]2[C@@H]3C(C(O)(c4ccccc4)c4ccccn4)=C[C@@H](C3=C(c3ccccc3)c3ccccn3)[C@@H]2C1=O)c1ccc(C(=O)OCCN2C(=O)[C@H]3[C@H]4C(C(O)(c5ccccc5)c5ccccn5)=C[C@H](C4=C(c4ccccc4)c4ccccn4)[C@H]3C2=O)cc1. The van der Waals surface area contributed by atoms with Gasteiger partial charge < -0.3 is 19.7 Å². The molecule has 10 atom stereocenters. The van der Waals surface area contributed by atoms with Crippen molar-refractivity contribution < 1.29 is 48.5 Å². The number of pyridine rings is 4. The van der Waals surface area contributed by atoms with Gasteiger partial charge in [0.05, 0.1) is 70.7 Å². The maximum atomic E-state index is 15.0. The van der Waals surface area contributed by atoms with Crippen LogP contribution in [0.2, 0.25) is 0 Å². The zero-order chi connectivity index (χ0) is 64.2. The average molecular weight is 1240 g/mol. The van der Waals surface area contributed by atoms with Crippen LogP contribution >= 0.6 is 0 Å². The monoisotopic (exact) mass is 1240 g/mol. The lowest BCUT2D eigenvalue weighted by molar-refractivity contribution is -0.142. The van der Waals surface area contributed by atoms with E-state index in [4.69, 9.17) is 19.4 Å². The molecule has 15 rings (SSSR count). The van der Waals surface area contributed by atoms with Crippen molar-refractivity contribution >= 4 is 46.7 Å². The zero-order valence-electron chi connectivity index (χ0n) is 50.5. The summed E-state index contributed by atoms with van der Waals surface area (Å²) in [5, 5.41) is 26.6. The number of esters is 2. The first kappa shape index (κ1) is 59.1. The highest BCUT2D eigenvalue weighted by Gasteiger charge is 2.68. The molecule has 462 valence electrons. The molecule has 2 unspecified atom stereocenters. The van der Waals surface area contributed by atoms with Gasteiger partial charge in [-0.3, -0.25) is 48.9 Å². The number of aromatic nitrogens is 4. The van der Waals surface area contributed by atoms with Gasteiger partial charge in [-0.25, -0.2) is 9.59 Å². The van der Waals surface area contributed by atoms with Gasteiger partial charge in [0.25, 0.3) is 0 Å². The molecule has 9 aromatic rings. The van der Waals surface area contributed by atoms with Gasteiger partial charge in [-0.15, -0.1) is 0 Å². The minimum Gasteiger partial charge on any atom is -0.460 e. The number of benzene rings is 5. The largest absolute Gasteiger partial charge is 0.460 e. The third kappa shape index (κ3) is 9.66. The van der Waals surface area contributed by atoms with E-state index in [0.717, 1.165) is 43.2 Å². The van der Waals surface area contributed by atoms with Crippen molar-refractivity contribution in [1.29, 1.82) is 0 Å². The normalized spacial score (nSPS) is 23.9. The van der Waals surface area contributed by atoms with Crippen LogP contribution in [0.25, 0.3) is 11.1 Å². The Kier molecular flexibility index (Phi) is 15.2. The zero-order valence-corrected chi connectivity index (χ0v) is 50.5. The summed E-state index contributed by atoms with van der Waals surface area (Å²) in [6, 6.07) is 65.2. The second kappa shape index (κ2) is 24.1. The van der Waals surface area contributed by atoms with Crippen LogP contribution < -0.4 is 0 Å². The predicted octanol–water partition coefficient (Wildman–Crippen LogP) is 10.0. The number of ether oxygens (including phenoxy) is 2. The molecular weight excluding hydrogens is 1180 g/mol. The molecule has 0 spiro atoms. The summed E-state index contributed by atoms with van der Waals surface area (Å²) in [5.74, 6) is -9.54. The second-order valence-electron chi connectivity index (χ2n) is 24.3. The number of likely N-dealkylation sites (tertiary alicyclic amines) is 2. The van der Waals surface area contributed by atoms with E-state index in [-0.39, 0.29) is 37.4 Å². The summed E-state index contributed by atoms with van der Waals surface area (Å²) < 4.78 is 11.4. The van der Waals surface area contributed by atoms with Crippen molar-refractivity contribution in [2.75, 3.05) is 26.3 Å². The molecule has 4 bridgehead atoms. The maximum absolute atomic E-state index is 15.0. The molecule has 16 nitrogen and oxygen atoms in total. The lowest BCUT2D eigenvalue weighted by atomic mass is 9.71. The van der Waals surface area contributed by atoms with Gasteiger partial charge in [-0.2, -0.15) is 0 Å². The minimum absolute atomic E-state index is 0.0864. The van der Waals surface area contributed by atoms with Crippen LogP contribution in [-0.4, -0.2) is 102 Å². The molecule has 2 aliphatic heterocycles. The molecule has 16 heteroatoms. The Labute approximate surface area is 540 Å². The van der Waals surface area contributed by atoms with Gasteiger partial charge in [0.2, 0.25) is 23.6 Å². The number of allylic oxidation sites excluding steroid dienone is 4. The first-order valence-corrected chi connectivity index (χ1v) is 31.4. The van der Waals surface area contributed by atoms with Crippen LogP contribution in [-0.2, 0) is 39.9 Å². The van der Waals surface area contributed by atoms with Gasteiger partial charge >= 0.3 is 11.9 Å². The number of rotatable bonds is 18. The summed E-state index contributed by atoms with van der Waals surface area (Å²) >= 11 is 0. The smallest absolute Gasteiger partial charge is 0.338 e. The van der Waals surface area contributed by atoms with E-state index in [0.29, 0.717) is 45.0 Å². The number of amides is 4. The van der Waals surface area contributed by atoms with Crippen molar-refractivity contribution in [2.24, 2.45) is 47.3 Å². The van der Waals surface area contributed by atoms with Crippen molar-refractivity contribution in [3.8, 4) is 0 Å². The van der Waals surface area contributed by atoms with E-state index in [2.05, 4.69) is 9.97 Å². The highest BCUT2D eigenvalue weighted by atomic mass is 16.5. The van der Waals surface area contributed by atoms with Crippen LogP contribution in [0.15, 0.2) is 278 Å². The summed E-state index contributed by atoms with van der Waals surface area (Å²) in [4.78, 5) is 108. The van der Waals surface area contributed by atoms with Crippen LogP contribution in [0.5, 0.6) is 0 Å². The van der Waals surface area contributed by atoms with E-state index < -0.39 is 94.1 Å². The van der Waals surface area contributed by atoms with E-state index in [1.165, 1.54) is 24.3 Å². The molecule has 2 saturated heterocycles. The van der Waals surface area contributed by atoms with E-state index in [1.807, 2.05) is 170 Å². The van der Waals surface area contributed by atoms with Crippen LogP contribution in [0, 0.1) is 47.3 Å². The summed E-state index contributed by atoms with van der Waals surface area (Å²) in [5.41, 5.74) is 5.55. The first-order chi connectivity index (χ1) is 46.0. The molecule has 2 saturated carbocycles.